The Bertz CT molecular complexity index is 295. The molecule has 0 aromatic rings. The first-order valence-electron chi connectivity index (χ1n) is 8.09. The van der Waals surface area contributed by atoms with E-state index in [1.54, 1.807) is 0 Å². The fraction of sp³-hybridized carbons (Fsp3) is 0.938. The summed E-state index contributed by atoms with van der Waals surface area (Å²) >= 11 is 0. The number of amides is 1. The highest BCUT2D eigenvalue weighted by Crippen LogP contribution is 2.28. The van der Waals surface area contributed by atoms with Crippen LogP contribution in [0, 0.1) is 17.8 Å². The van der Waals surface area contributed by atoms with Crippen LogP contribution >= 0.6 is 0 Å². The minimum absolute atomic E-state index is 0.332. The van der Waals surface area contributed by atoms with E-state index in [1.165, 1.54) is 25.7 Å². The number of likely N-dealkylation sites (tertiary alicyclic amines) is 1. The number of piperidine rings is 1. The predicted molar refractivity (Wildman–Crippen MR) is 78.7 cm³/mol. The molecule has 2 rings (SSSR count). The minimum Gasteiger partial charge on any atom is -0.343 e. The van der Waals surface area contributed by atoms with Crippen molar-refractivity contribution in [3.63, 3.8) is 0 Å². The van der Waals surface area contributed by atoms with Crippen LogP contribution < -0.4 is 5.73 Å². The molecule has 2 N–H and O–H groups in total. The molecule has 110 valence electrons. The molecule has 0 radical (unpaired) electrons. The van der Waals surface area contributed by atoms with Gasteiger partial charge in [0.1, 0.15) is 0 Å². The van der Waals surface area contributed by atoms with Crippen LogP contribution in [0.3, 0.4) is 0 Å². The van der Waals surface area contributed by atoms with Gasteiger partial charge in [-0.3, -0.25) is 4.79 Å². The van der Waals surface area contributed by atoms with Gasteiger partial charge in [0, 0.05) is 25.6 Å². The lowest BCUT2D eigenvalue weighted by atomic mass is 9.83. The van der Waals surface area contributed by atoms with Gasteiger partial charge >= 0.3 is 0 Å². The van der Waals surface area contributed by atoms with Crippen LogP contribution in [0.15, 0.2) is 0 Å². The van der Waals surface area contributed by atoms with Gasteiger partial charge in [-0.2, -0.15) is 0 Å². The molecule has 2 atom stereocenters. The normalized spacial score (nSPS) is 29.8. The standard InChI is InChI=1S/C16H30N2O/c1-12(2)14-6-8-18(9-7-14)16(19)11-13-4-3-5-15(17)10-13/h12-15H,3-11,17H2,1-2H3. The highest BCUT2D eigenvalue weighted by atomic mass is 16.2. The van der Waals surface area contributed by atoms with E-state index in [1.807, 2.05) is 0 Å². The lowest BCUT2D eigenvalue weighted by Crippen LogP contribution is -2.41. The molecule has 2 fully saturated rings. The van der Waals surface area contributed by atoms with Crippen molar-refractivity contribution in [3.8, 4) is 0 Å². The van der Waals surface area contributed by atoms with E-state index in [4.69, 9.17) is 5.73 Å². The molecule has 1 saturated carbocycles. The van der Waals surface area contributed by atoms with Gasteiger partial charge in [-0.05, 0) is 49.9 Å². The van der Waals surface area contributed by atoms with Gasteiger partial charge < -0.3 is 10.6 Å². The Morgan fingerprint density at radius 2 is 1.89 bits per heavy atom. The third kappa shape index (κ3) is 4.20. The second-order valence-corrected chi connectivity index (χ2v) is 6.96. The fourth-order valence-electron chi connectivity index (χ4n) is 3.71. The Morgan fingerprint density at radius 1 is 1.21 bits per heavy atom. The summed E-state index contributed by atoms with van der Waals surface area (Å²) in [7, 11) is 0. The van der Waals surface area contributed by atoms with Gasteiger partial charge in [-0.1, -0.05) is 20.3 Å². The van der Waals surface area contributed by atoms with Crippen molar-refractivity contribution in [1.29, 1.82) is 0 Å². The van der Waals surface area contributed by atoms with E-state index >= 15 is 0 Å². The minimum atomic E-state index is 0.332. The molecule has 3 heteroatoms. The average molecular weight is 266 g/mol. The van der Waals surface area contributed by atoms with E-state index in [0.29, 0.717) is 17.9 Å². The summed E-state index contributed by atoms with van der Waals surface area (Å²) in [6.07, 6.45) is 7.70. The van der Waals surface area contributed by atoms with Crippen molar-refractivity contribution < 1.29 is 4.79 Å². The zero-order valence-corrected chi connectivity index (χ0v) is 12.6. The number of hydrogen-bond acceptors (Lipinski definition) is 2. The molecule has 1 saturated heterocycles. The zero-order chi connectivity index (χ0) is 13.8. The van der Waals surface area contributed by atoms with E-state index in [9.17, 15) is 4.79 Å². The van der Waals surface area contributed by atoms with Crippen molar-refractivity contribution in [3.05, 3.63) is 0 Å². The lowest BCUT2D eigenvalue weighted by molar-refractivity contribution is -0.134. The van der Waals surface area contributed by atoms with Crippen LogP contribution in [0.4, 0.5) is 0 Å². The maximum Gasteiger partial charge on any atom is 0.222 e. The van der Waals surface area contributed by atoms with E-state index in [-0.39, 0.29) is 0 Å². The third-order valence-electron chi connectivity index (χ3n) is 5.12. The van der Waals surface area contributed by atoms with Crippen molar-refractivity contribution in [2.75, 3.05) is 13.1 Å². The van der Waals surface area contributed by atoms with Crippen molar-refractivity contribution in [1.82, 2.24) is 4.90 Å². The number of hydrogen-bond donors (Lipinski definition) is 1. The maximum absolute atomic E-state index is 12.3. The molecular weight excluding hydrogens is 236 g/mol. The first kappa shape index (κ1) is 14.8. The summed E-state index contributed by atoms with van der Waals surface area (Å²) < 4.78 is 0. The topological polar surface area (TPSA) is 46.3 Å². The Morgan fingerprint density at radius 3 is 2.47 bits per heavy atom. The summed E-state index contributed by atoms with van der Waals surface area (Å²) in [6.45, 7) is 6.54. The molecule has 2 aliphatic rings. The maximum atomic E-state index is 12.3. The largest absolute Gasteiger partial charge is 0.343 e. The molecule has 19 heavy (non-hydrogen) atoms. The van der Waals surface area contributed by atoms with E-state index in [0.717, 1.165) is 44.2 Å². The van der Waals surface area contributed by atoms with Gasteiger partial charge in [0.2, 0.25) is 5.91 Å². The first-order valence-corrected chi connectivity index (χ1v) is 8.09. The number of rotatable bonds is 3. The van der Waals surface area contributed by atoms with Crippen molar-refractivity contribution >= 4 is 5.91 Å². The number of carbonyl (C=O) groups is 1. The third-order valence-corrected chi connectivity index (χ3v) is 5.12. The highest BCUT2D eigenvalue weighted by Gasteiger charge is 2.27. The Balaban J connectivity index is 1.75. The molecule has 0 aromatic heterocycles. The summed E-state index contributed by atoms with van der Waals surface area (Å²) in [5.74, 6) is 2.49. The monoisotopic (exact) mass is 266 g/mol. The van der Waals surface area contributed by atoms with Crippen LogP contribution in [0.2, 0.25) is 0 Å². The van der Waals surface area contributed by atoms with Gasteiger partial charge in [-0.15, -0.1) is 0 Å². The lowest BCUT2D eigenvalue weighted by Gasteiger charge is -2.35. The number of nitrogens with zero attached hydrogens (tertiary/aromatic N) is 1. The molecule has 1 aliphatic carbocycles. The number of carbonyl (C=O) groups excluding carboxylic acids is 1. The molecule has 0 spiro atoms. The quantitative estimate of drug-likeness (QED) is 0.854. The summed E-state index contributed by atoms with van der Waals surface area (Å²) in [6, 6.07) is 0.332. The molecule has 1 aliphatic heterocycles. The van der Waals surface area contributed by atoms with Crippen LogP contribution in [-0.2, 0) is 4.79 Å². The zero-order valence-electron chi connectivity index (χ0n) is 12.6. The SMILES string of the molecule is CC(C)C1CCN(C(=O)CC2CCCC(N)C2)CC1. The second kappa shape index (κ2) is 6.74. The van der Waals surface area contributed by atoms with Crippen LogP contribution in [-0.4, -0.2) is 29.9 Å². The summed E-state index contributed by atoms with van der Waals surface area (Å²) in [4.78, 5) is 14.4. The van der Waals surface area contributed by atoms with Crippen LogP contribution in [0.1, 0.15) is 58.8 Å². The summed E-state index contributed by atoms with van der Waals surface area (Å²) in [5, 5.41) is 0. The number of nitrogens with two attached hydrogens (primary N) is 1. The molecular formula is C16H30N2O. The van der Waals surface area contributed by atoms with Gasteiger partial charge in [-0.25, -0.2) is 0 Å². The summed E-state index contributed by atoms with van der Waals surface area (Å²) in [5.41, 5.74) is 6.01. The van der Waals surface area contributed by atoms with Crippen molar-refractivity contribution in [2.24, 2.45) is 23.5 Å². The Hall–Kier alpha value is -0.570. The smallest absolute Gasteiger partial charge is 0.222 e. The highest BCUT2D eigenvalue weighted by molar-refractivity contribution is 5.76. The van der Waals surface area contributed by atoms with Crippen molar-refractivity contribution in [2.45, 2.75) is 64.8 Å². The van der Waals surface area contributed by atoms with Gasteiger partial charge in [0.25, 0.3) is 0 Å². The average Bonchev–Trinajstić information content (AvgIpc) is 2.39. The first-order chi connectivity index (χ1) is 9.06. The molecule has 0 bridgehead atoms. The van der Waals surface area contributed by atoms with Crippen LogP contribution in [0.5, 0.6) is 0 Å². The molecule has 1 amide bonds. The Kier molecular flexibility index (Phi) is 5.26. The van der Waals surface area contributed by atoms with Gasteiger partial charge in [0.05, 0.1) is 0 Å². The van der Waals surface area contributed by atoms with Gasteiger partial charge in [0.15, 0.2) is 0 Å². The predicted octanol–water partition coefficient (Wildman–Crippen LogP) is 2.79. The molecule has 2 unspecified atom stereocenters. The molecule has 0 aromatic carbocycles. The second-order valence-electron chi connectivity index (χ2n) is 6.96. The Labute approximate surface area is 117 Å². The molecule has 1 heterocycles. The van der Waals surface area contributed by atoms with Crippen LogP contribution in [0.25, 0.3) is 0 Å². The van der Waals surface area contributed by atoms with E-state index in [2.05, 4.69) is 18.7 Å². The molecule has 3 nitrogen and oxygen atoms in total. The fourth-order valence-corrected chi connectivity index (χ4v) is 3.71. The van der Waals surface area contributed by atoms with E-state index < -0.39 is 0 Å².